The van der Waals surface area contributed by atoms with E-state index in [-0.39, 0.29) is 11.9 Å². The van der Waals surface area contributed by atoms with Crippen molar-refractivity contribution in [1.82, 2.24) is 5.32 Å². The predicted octanol–water partition coefficient (Wildman–Crippen LogP) is 2.54. The van der Waals surface area contributed by atoms with E-state index >= 15 is 0 Å². The number of benzene rings is 1. The Labute approximate surface area is 120 Å². The van der Waals surface area contributed by atoms with Crippen molar-refractivity contribution in [2.24, 2.45) is 16.6 Å². The van der Waals surface area contributed by atoms with Gasteiger partial charge < -0.3 is 15.8 Å². The van der Waals surface area contributed by atoms with Gasteiger partial charge in [0.25, 0.3) is 0 Å². The molecule has 0 bridgehead atoms. The fourth-order valence-corrected chi connectivity index (χ4v) is 1.58. The maximum Gasteiger partial charge on any atom is 0.188 e. The first kappa shape index (κ1) is 16.3. The summed E-state index contributed by atoms with van der Waals surface area (Å²) >= 11 is 0. The Hall–Kier alpha value is -1.78. The lowest BCUT2D eigenvalue weighted by molar-refractivity contribution is 0.229. The van der Waals surface area contributed by atoms with Crippen molar-refractivity contribution in [3.8, 4) is 5.75 Å². The van der Waals surface area contributed by atoms with E-state index in [2.05, 4.69) is 24.2 Å². The molecule has 1 unspecified atom stereocenters. The smallest absolute Gasteiger partial charge is 0.188 e. The van der Waals surface area contributed by atoms with E-state index in [4.69, 9.17) is 10.5 Å². The highest BCUT2D eigenvalue weighted by Gasteiger charge is 2.04. The summed E-state index contributed by atoms with van der Waals surface area (Å²) in [6.07, 6.45) is 0.883. The molecule has 0 aliphatic rings. The van der Waals surface area contributed by atoms with Crippen molar-refractivity contribution < 1.29 is 9.13 Å². The van der Waals surface area contributed by atoms with Crippen LogP contribution in [0, 0.1) is 11.7 Å². The number of hydrogen-bond acceptors (Lipinski definition) is 2. The largest absolute Gasteiger partial charge is 0.489 e. The molecule has 0 radical (unpaired) electrons. The highest BCUT2D eigenvalue weighted by molar-refractivity contribution is 5.77. The van der Waals surface area contributed by atoms with Gasteiger partial charge in [-0.1, -0.05) is 19.9 Å². The van der Waals surface area contributed by atoms with Gasteiger partial charge in [-0.3, -0.25) is 0 Å². The van der Waals surface area contributed by atoms with E-state index in [0.29, 0.717) is 24.2 Å². The second-order valence-corrected chi connectivity index (χ2v) is 5.22. The summed E-state index contributed by atoms with van der Waals surface area (Å²) in [6.45, 7) is 7.42. The number of aliphatic imine (C=N–C) groups is 1. The number of hydrogen-bond donors (Lipinski definition) is 2. The molecule has 1 atom stereocenters. The Morgan fingerprint density at radius 3 is 2.80 bits per heavy atom. The first-order valence-corrected chi connectivity index (χ1v) is 6.93. The first-order chi connectivity index (χ1) is 9.47. The van der Waals surface area contributed by atoms with Crippen molar-refractivity contribution in [1.29, 1.82) is 0 Å². The molecule has 0 saturated heterocycles. The van der Waals surface area contributed by atoms with Gasteiger partial charge in [0.05, 0.1) is 6.54 Å². The maximum absolute atomic E-state index is 13.0. The van der Waals surface area contributed by atoms with Crippen LogP contribution in [0.1, 0.15) is 27.2 Å². The molecule has 0 aliphatic carbocycles. The lowest BCUT2D eigenvalue weighted by atomic mass is 10.1. The molecule has 0 fully saturated rings. The van der Waals surface area contributed by atoms with Gasteiger partial charge in [0.2, 0.25) is 0 Å². The monoisotopic (exact) mass is 281 g/mol. The number of halogens is 1. The van der Waals surface area contributed by atoms with Gasteiger partial charge in [0.15, 0.2) is 5.96 Å². The minimum atomic E-state index is -0.312. The number of nitrogens with zero attached hydrogens (tertiary/aromatic N) is 1. The minimum Gasteiger partial charge on any atom is -0.489 e. The summed E-state index contributed by atoms with van der Waals surface area (Å²) in [4.78, 5) is 4.20. The normalized spacial score (nSPS) is 13.3. The summed E-state index contributed by atoms with van der Waals surface area (Å²) in [5, 5.41) is 3.05. The van der Waals surface area contributed by atoms with Gasteiger partial charge in [-0.05, 0) is 31.4 Å². The highest BCUT2D eigenvalue weighted by Crippen LogP contribution is 2.13. The second-order valence-electron chi connectivity index (χ2n) is 5.22. The number of guanidine groups is 1. The molecular weight excluding hydrogens is 257 g/mol. The van der Waals surface area contributed by atoms with Crippen LogP contribution >= 0.6 is 0 Å². The number of nitrogens with one attached hydrogen (secondary N) is 1. The molecule has 0 amide bonds. The first-order valence-electron chi connectivity index (χ1n) is 6.93. The number of ether oxygens (including phenoxy) is 1. The van der Waals surface area contributed by atoms with E-state index in [1.54, 1.807) is 12.1 Å². The van der Waals surface area contributed by atoms with Crippen LogP contribution in [0.15, 0.2) is 29.3 Å². The molecule has 1 aromatic carbocycles. The average Bonchev–Trinajstić information content (AvgIpc) is 2.36. The summed E-state index contributed by atoms with van der Waals surface area (Å²) in [7, 11) is 0. The third-order valence-electron chi connectivity index (χ3n) is 2.68. The van der Waals surface area contributed by atoms with Gasteiger partial charge in [0.1, 0.15) is 17.7 Å². The van der Waals surface area contributed by atoms with Crippen LogP contribution < -0.4 is 15.8 Å². The van der Waals surface area contributed by atoms with Gasteiger partial charge in [0, 0.05) is 12.6 Å². The Morgan fingerprint density at radius 2 is 2.15 bits per heavy atom. The third-order valence-corrected chi connectivity index (χ3v) is 2.68. The standard InChI is InChI=1S/C15H24FN3O/c1-11(2)7-8-18-15(17)19-10-12(3)20-14-6-4-5-13(16)9-14/h4-6,9,11-12H,7-8,10H2,1-3H3,(H3,17,18,19). The zero-order valence-corrected chi connectivity index (χ0v) is 12.4. The molecule has 112 valence electrons. The van der Waals surface area contributed by atoms with E-state index in [1.165, 1.54) is 12.1 Å². The van der Waals surface area contributed by atoms with Crippen LogP contribution in [-0.2, 0) is 0 Å². The average molecular weight is 281 g/mol. The molecular formula is C15H24FN3O. The van der Waals surface area contributed by atoms with Gasteiger partial charge >= 0.3 is 0 Å². The fourth-order valence-electron chi connectivity index (χ4n) is 1.58. The molecule has 3 N–H and O–H groups in total. The third kappa shape index (κ3) is 6.97. The molecule has 1 rings (SSSR count). The molecule has 4 nitrogen and oxygen atoms in total. The number of nitrogens with two attached hydrogens (primary N) is 1. The molecule has 0 aliphatic heterocycles. The van der Waals surface area contributed by atoms with Crippen molar-refractivity contribution in [2.45, 2.75) is 33.3 Å². The SMILES string of the molecule is CC(C)CCNC(N)=NCC(C)Oc1cccc(F)c1. The van der Waals surface area contributed by atoms with Gasteiger partial charge in [-0.25, -0.2) is 9.38 Å². The van der Waals surface area contributed by atoms with Crippen molar-refractivity contribution in [3.05, 3.63) is 30.1 Å². The van der Waals surface area contributed by atoms with Crippen LogP contribution in [0.5, 0.6) is 5.75 Å². The van der Waals surface area contributed by atoms with E-state index in [0.717, 1.165) is 13.0 Å². The fraction of sp³-hybridized carbons (Fsp3) is 0.533. The van der Waals surface area contributed by atoms with E-state index in [1.807, 2.05) is 6.92 Å². The van der Waals surface area contributed by atoms with Crippen LogP contribution in [0.25, 0.3) is 0 Å². The zero-order valence-electron chi connectivity index (χ0n) is 12.4. The summed E-state index contributed by atoms with van der Waals surface area (Å²) in [5.41, 5.74) is 5.75. The Morgan fingerprint density at radius 1 is 1.40 bits per heavy atom. The summed E-state index contributed by atoms with van der Waals surface area (Å²) in [5.74, 6) is 1.23. The number of rotatable bonds is 7. The lowest BCUT2D eigenvalue weighted by Gasteiger charge is -2.13. The molecule has 1 aromatic rings. The minimum absolute atomic E-state index is 0.165. The molecule has 20 heavy (non-hydrogen) atoms. The predicted molar refractivity (Wildman–Crippen MR) is 80.4 cm³/mol. The van der Waals surface area contributed by atoms with E-state index in [9.17, 15) is 4.39 Å². The van der Waals surface area contributed by atoms with Gasteiger partial charge in [-0.15, -0.1) is 0 Å². The molecule has 0 heterocycles. The van der Waals surface area contributed by atoms with E-state index < -0.39 is 0 Å². The Kier molecular flexibility index (Phi) is 6.84. The molecule has 5 heteroatoms. The van der Waals surface area contributed by atoms with Crippen LogP contribution in [0.3, 0.4) is 0 Å². The maximum atomic E-state index is 13.0. The summed E-state index contributed by atoms with van der Waals surface area (Å²) < 4.78 is 18.6. The van der Waals surface area contributed by atoms with Crippen LogP contribution in [0.4, 0.5) is 4.39 Å². The highest BCUT2D eigenvalue weighted by atomic mass is 19.1. The topological polar surface area (TPSA) is 59.6 Å². The van der Waals surface area contributed by atoms with Crippen molar-refractivity contribution in [3.63, 3.8) is 0 Å². The Bertz CT molecular complexity index is 435. The summed E-state index contributed by atoms with van der Waals surface area (Å²) in [6, 6.07) is 6.06. The van der Waals surface area contributed by atoms with Gasteiger partial charge in [-0.2, -0.15) is 0 Å². The van der Waals surface area contributed by atoms with Crippen LogP contribution in [-0.4, -0.2) is 25.2 Å². The van der Waals surface area contributed by atoms with Crippen molar-refractivity contribution >= 4 is 5.96 Å². The lowest BCUT2D eigenvalue weighted by Crippen LogP contribution is -2.34. The zero-order chi connectivity index (χ0) is 15.0. The molecule has 0 saturated carbocycles. The molecule has 0 aromatic heterocycles. The van der Waals surface area contributed by atoms with Crippen molar-refractivity contribution in [2.75, 3.05) is 13.1 Å². The second kappa shape index (κ2) is 8.40. The quantitative estimate of drug-likeness (QED) is 0.596. The molecule has 0 spiro atoms. The van der Waals surface area contributed by atoms with Crippen LogP contribution in [0.2, 0.25) is 0 Å². The Balaban J connectivity index is 2.32.